The number of aromatic hydroxyl groups is 1. The second-order valence-corrected chi connectivity index (χ2v) is 5.66. The molecule has 0 fully saturated rings. The van der Waals surface area contributed by atoms with Crippen molar-refractivity contribution >= 4 is 21.5 Å². The Morgan fingerprint density at radius 2 is 1.27 bits per heavy atom. The lowest BCUT2D eigenvalue weighted by atomic mass is 9.91. The van der Waals surface area contributed by atoms with Crippen LogP contribution in [-0.4, -0.2) is 5.11 Å². The molecule has 0 amide bonds. The Morgan fingerprint density at radius 1 is 0.682 bits per heavy atom. The number of para-hydroxylation sites is 1. The van der Waals surface area contributed by atoms with E-state index in [1.807, 2.05) is 37.3 Å². The van der Waals surface area contributed by atoms with Crippen molar-refractivity contribution in [1.29, 1.82) is 0 Å². The minimum absolute atomic E-state index is 0.365. The van der Waals surface area contributed by atoms with Crippen LogP contribution in [0.5, 0.6) is 5.75 Å². The molecule has 0 heterocycles. The molecular formula is C21H16O. The van der Waals surface area contributed by atoms with Gasteiger partial charge in [0.25, 0.3) is 0 Å². The van der Waals surface area contributed by atoms with Crippen LogP contribution in [0.25, 0.3) is 32.7 Å². The lowest BCUT2D eigenvalue weighted by Gasteiger charge is -2.14. The van der Waals surface area contributed by atoms with Crippen LogP contribution in [0.2, 0.25) is 0 Å². The van der Waals surface area contributed by atoms with Gasteiger partial charge in [-0.25, -0.2) is 0 Å². The van der Waals surface area contributed by atoms with Crippen molar-refractivity contribution in [2.75, 3.05) is 0 Å². The van der Waals surface area contributed by atoms with Crippen LogP contribution in [0.4, 0.5) is 0 Å². The standard InChI is InChI=1S/C21H16O/c1-14-7-6-12-19(21(14)22)20-17-10-4-2-8-15(17)13-16-9-3-5-11-18(16)20/h2-13,22H,1H3. The zero-order chi connectivity index (χ0) is 15.1. The van der Waals surface area contributed by atoms with Crippen molar-refractivity contribution < 1.29 is 5.11 Å². The summed E-state index contributed by atoms with van der Waals surface area (Å²) in [4.78, 5) is 0. The summed E-state index contributed by atoms with van der Waals surface area (Å²) in [5, 5.41) is 15.3. The van der Waals surface area contributed by atoms with Crippen molar-refractivity contribution in [1.82, 2.24) is 0 Å². The zero-order valence-corrected chi connectivity index (χ0v) is 12.4. The van der Waals surface area contributed by atoms with Crippen molar-refractivity contribution in [2.24, 2.45) is 0 Å². The fourth-order valence-electron chi connectivity index (χ4n) is 3.16. The van der Waals surface area contributed by atoms with Gasteiger partial charge in [0.1, 0.15) is 5.75 Å². The number of phenolic OH excluding ortho intramolecular Hbond substituents is 1. The summed E-state index contributed by atoms with van der Waals surface area (Å²) in [7, 11) is 0. The number of aryl methyl sites for hydroxylation is 1. The van der Waals surface area contributed by atoms with E-state index in [4.69, 9.17) is 0 Å². The van der Waals surface area contributed by atoms with Crippen LogP contribution in [0.3, 0.4) is 0 Å². The van der Waals surface area contributed by atoms with Gasteiger partial charge in [0.05, 0.1) is 0 Å². The van der Waals surface area contributed by atoms with Gasteiger partial charge in [0.2, 0.25) is 0 Å². The predicted molar refractivity (Wildman–Crippen MR) is 93.3 cm³/mol. The third kappa shape index (κ3) is 1.86. The topological polar surface area (TPSA) is 20.2 Å². The zero-order valence-electron chi connectivity index (χ0n) is 12.4. The van der Waals surface area contributed by atoms with Crippen molar-refractivity contribution in [3.8, 4) is 16.9 Å². The quantitative estimate of drug-likeness (QED) is 0.446. The summed E-state index contributed by atoms with van der Waals surface area (Å²) < 4.78 is 0. The summed E-state index contributed by atoms with van der Waals surface area (Å²) >= 11 is 0. The predicted octanol–water partition coefficient (Wildman–Crippen LogP) is 5.67. The molecule has 0 atom stereocenters. The Bertz CT molecular complexity index is 945. The molecule has 22 heavy (non-hydrogen) atoms. The van der Waals surface area contributed by atoms with E-state index in [1.54, 1.807) is 0 Å². The number of hydrogen-bond donors (Lipinski definition) is 1. The summed E-state index contributed by atoms with van der Waals surface area (Å²) in [6, 6.07) is 24.8. The van der Waals surface area contributed by atoms with E-state index in [-0.39, 0.29) is 0 Å². The number of benzene rings is 4. The third-order valence-electron chi connectivity index (χ3n) is 4.28. The van der Waals surface area contributed by atoms with E-state index in [9.17, 15) is 5.11 Å². The lowest BCUT2D eigenvalue weighted by molar-refractivity contribution is 0.473. The summed E-state index contributed by atoms with van der Waals surface area (Å²) in [6.45, 7) is 1.94. The first kappa shape index (κ1) is 12.9. The van der Waals surface area contributed by atoms with Gasteiger partial charge >= 0.3 is 0 Å². The van der Waals surface area contributed by atoms with Gasteiger partial charge in [0.15, 0.2) is 0 Å². The second-order valence-electron chi connectivity index (χ2n) is 5.66. The molecule has 0 saturated heterocycles. The number of hydrogen-bond acceptors (Lipinski definition) is 1. The number of rotatable bonds is 1. The maximum Gasteiger partial charge on any atom is 0.126 e. The third-order valence-corrected chi connectivity index (χ3v) is 4.28. The van der Waals surface area contributed by atoms with Gasteiger partial charge < -0.3 is 5.11 Å². The van der Waals surface area contributed by atoms with Crippen LogP contribution in [0.15, 0.2) is 72.8 Å². The highest BCUT2D eigenvalue weighted by atomic mass is 16.3. The lowest BCUT2D eigenvalue weighted by Crippen LogP contribution is -1.87. The van der Waals surface area contributed by atoms with Crippen LogP contribution in [0, 0.1) is 6.92 Å². The highest BCUT2D eigenvalue weighted by molar-refractivity contribution is 6.13. The molecular weight excluding hydrogens is 268 g/mol. The van der Waals surface area contributed by atoms with E-state index in [0.717, 1.165) is 16.7 Å². The van der Waals surface area contributed by atoms with Gasteiger partial charge in [-0.15, -0.1) is 0 Å². The second kappa shape index (κ2) is 4.88. The van der Waals surface area contributed by atoms with E-state index in [1.165, 1.54) is 21.5 Å². The molecule has 0 aliphatic heterocycles. The Hall–Kier alpha value is -2.80. The first-order valence-electron chi connectivity index (χ1n) is 7.45. The van der Waals surface area contributed by atoms with Crippen LogP contribution < -0.4 is 0 Å². The van der Waals surface area contributed by atoms with Gasteiger partial charge in [-0.05, 0) is 40.1 Å². The fourth-order valence-corrected chi connectivity index (χ4v) is 3.16. The molecule has 106 valence electrons. The fraction of sp³-hybridized carbons (Fsp3) is 0.0476. The van der Waals surface area contributed by atoms with E-state index in [2.05, 4.69) is 42.5 Å². The minimum atomic E-state index is 0.365. The van der Waals surface area contributed by atoms with Crippen molar-refractivity contribution in [2.45, 2.75) is 6.92 Å². The summed E-state index contributed by atoms with van der Waals surface area (Å²) in [6.07, 6.45) is 0. The normalized spacial score (nSPS) is 11.1. The molecule has 0 unspecified atom stereocenters. The molecule has 0 radical (unpaired) electrons. The first-order valence-corrected chi connectivity index (χ1v) is 7.45. The highest BCUT2D eigenvalue weighted by Gasteiger charge is 2.13. The maximum atomic E-state index is 10.6. The molecule has 1 nitrogen and oxygen atoms in total. The Balaban J connectivity index is 2.24. The maximum absolute atomic E-state index is 10.6. The van der Waals surface area contributed by atoms with Crippen LogP contribution in [-0.2, 0) is 0 Å². The SMILES string of the molecule is Cc1cccc(-c2c3ccccc3cc3ccccc23)c1O. The van der Waals surface area contributed by atoms with E-state index < -0.39 is 0 Å². The van der Waals surface area contributed by atoms with Gasteiger partial charge in [-0.3, -0.25) is 0 Å². The molecule has 0 bridgehead atoms. The first-order chi connectivity index (χ1) is 10.8. The molecule has 4 rings (SSSR count). The molecule has 0 spiro atoms. The largest absolute Gasteiger partial charge is 0.507 e. The summed E-state index contributed by atoms with van der Waals surface area (Å²) in [5.74, 6) is 0.365. The van der Waals surface area contributed by atoms with E-state index in [0.29, 0.717) is 5.75 Å². The average molecular weight is 284 g/mol. The molecule has 0 saturated carbocycles. The molecule has 0 aliphatic rings. The molecule has 0 aromatic heterocycles. The van der Waals surface area contributed by atoms with Crippen molar-refractivity contribution in [3.63, 3.8) is 0 Å². The van der Waals surface area contributed by atoms with Gasteiger partial charge in [0, 0.05) is 11.1 Å². The Morgan fingerprint density at radius 3 is 1.91 bits per heavy atom. The number of phenols is 1. The van der Waals surface area contributed by atoms with E-state index >= 15 is 0 Å². The molecule has 0 aliphatic carbocycles. The smallest absolute Gasteiger partial charge is 0.126 e. The monoisotopic (exact) mass is 284 g/mol. The van der Waals surface area contributed by atoms with Gasteiger partial charge in [-0.2, -0.15) is 0 Å². The minimum Gasteiger partial charge on any atom is -0.507 e. The Labute approximate surface area is 129 Å². The summed E-state index contributed by atoms with van der Waals surface area (Å²) in [5.41, 5.74) is 2.90. The number of fused-ring (bicyclic) bond motifs is 2. The highest BCUT2D eigenvalue weighted by Crippen LogP contribution is 2.41. The Kier molecular flexibility index (Phi) is 2.87. The average Bonchev–Trinajstić information content (AvgIpc) is 2.55. The van der Waals surface area contributed by atoms with Gasteiger partial charge in [-0.1, -0.05) is 66.7 Å². The molecule has 4 aromatic carbocycles. The molecule has 4 aromatic rings. The molecule has 1 N–H and O–H groups in total. The van der Waals surface area contributed by atoms with Crippen molar-refractivity contribution in [3.05, 3.63) is 78.4 Å². The van der Waals surface area contributed by atoms with Crippen LogP contribution >= 0.6 is 0 Å². The molecule has 1 heteroatoms. The van der Waals surface area contributed by atoms with Crippen LogP contribution in [0.1, 0.15) is 5.56 Å².